The van der Waals surface area contributed by atoms with E-state index in [2.05, 4.69) is 10.6 Å². The number of rotatable bonds is 4. The summed E-state index contributed by atoms with van der Waals surface area (Å²) in [5.74, 6) is -6.39. The number of carboxylic acids is 4. The lowest BCUT2D eigenvalue weighted by molar-refractivity contribution is -0.159. The first-order valence-electron chi connectivity index (χ1n) is 7.71. The van der Waals surface area contributed by atoms with Gasteiger partial charge >= 0.3 is 23.9 Å². The summed E-state index contributed by atoms with van der Waals surface area (Å²) in [5.41, 5.74) is 1.16. The zero-order valence-corrected chi connectivity index (χ0v) is 14.5. The Labute approximate surface area is 154 Å². The van der Waals surface area contributed by atoms with Crippen molar-refractivity contribution in [3.05, 3.63) is 24.3 Å². The van der Waals surface area contributed by atoms with Crippen LogP contribution in [-0.2, 0) is 19.2 Å². The second-order valence-corrected chi connectivity index (χ2v) is 5.12. The maximum absolute atomic E-state index is 9.10. The van der Waals surface area contributed by atoms with Gasteiger partial charge in [-0.05, 0) is 43.7 Å². The molecule has 1 aromatic rings. The number of anilines is 1. The average Bonchev–Trinajstić information content (AvgIpc) is 3.15. The van der Waals surface area contributed by atoms with Crippen molar-refractivity contribution in [2.45, 2.75) is 18.9 Å². The minimum atomic E-state index is -1.82. The first-order chi connectivity index (χ1) is 12.7. The Balaban J connectivity index is 0.000000470. The van der Waals surface area contributed by atoms with Crippen LogP contribution < -0.4 is 15.4 Å². The maximum Gasteiger partial charge on any atom is 0.414 e. The highest BCUT2D eigenvalue weighted by Gasteiger charge is 2.12. The van der Waals surface area contributed by atoms with Crippen LogP contribution in [-0.4, -0.2) is 70.5 Å². The van der Waals surface area contributed by atoms with Crippen LogP contribution >= 0.6 is 0 Å². The molecule has 1 atom stereocenters. The van der Waals surface area contributed by atoms with Crippen molar-refractivity contribution in [2.75, 3.05) is 25.5 Å². The third kappa shape index (κ3) is 11.8. The van der Waals surface area contributed by atoms with Gasteiger partial charge in [0.2, 0.25) is 0 Å². The van der Waals surface area contributed by atoms with Gasteiger partial charge < -0.3 is 35.8 Å². The number of benzene rings is 1. The third-order valence-corrected chi connectivity index (χ3v) is 3.17. The van der Waals surface area contributed by atoms with Gasteiger partial charge in [-0.3, -0.25) is 0 Å². The Bertz CT molecular complexity index is 577. The van der Waals surface area contributed by atoms with E-state index in [1.807, 2.05) is 24.3 Å². The van der Waals surface area contributed by atoms with Crippen LogP contribution in [0.1, 0.15) is 12.8 Å². The van der Waals surface area contributed by atoms with Gasteiger partial charge in [0, 0.05) is 18.3 Å². The molecule has 1 aromatic carbocycles. The molecule has 0 aromatic heterocycles. The van der Waals surface area contributed by atoms with Crippen molar-refractivity contribution in [3.63, 3.8) is 0 Å². The van der Waals surface area contributed by atoms with Gasteiger partial charge in [0.25, 0.3) is 0 Å². The molecule has 0 bridgehead atoms. The van der Waals surface area contributed by atoms with Crippen molar-refractivity contribution >= 4 is 29.6 Å². The fraction of sp³-hybridized carbons (Fsp3) is 0.375. The van der Waals surface area contributed by atoms with Gasteiger partial charge in [0.1, 0.15) is 5.75 Å². The van der Waals surface area contributed by atoms with E-state index in [0.29, 0.717) is 6.04 Å². The van der Waals surface area contributed by atoms with Gasteiger partial charge in [-0.1, -0.05) is 0 Å². The Hall–Kier alpha value is -3.34. The molecule has 1 heterocycles. The molecule has 0 radical (unpaired) electrons. The monoisotopic (exact) mass is 386 g/mol. The lowest BCUT2D eigenvalue weighted by Gasteiger charge is -2.12. The predicted molar refractivity (Wildman–Crippen MR) is 93.1 cm³/mol. The summed E-state index contributed by atoms with van der Waals surface area (Å²) in [6.45, 7) is 2.17. The number of carbonyl (C=O) groups is 4. The Kier molecular flexibility index (Phi) is 11.3. The van der Waals surface area contributed by atoms with Crippen molar-refractivity contribution in [2.24, 2.45) is 0 Å². The largest absolute Gasteiger partial charge is 0.497 e. The fourth-order valence-corrected chi connectivity index (χ4v) is 1.88. The smallest absolute Gasteiger partial charge is 0.414 e. The summed E-state index contributed by atoms with van der Waals surface area (Å²) in [5, 5.41) is 36.4. The van der Waals surface area contributed by atoms with Crippen LogP contribution in [0, 0.1) is 0 Å². The molecule has 1 fully saturated rings. The molecule has 150 valence electrons. The SMILES string of the molecule is COc1ccc(NCC2CCCN2)cc1.O=C(O)C(=O)O.O=C(O)C(=O)O. The molecule has 6 N–H and O–H groups in total. The normalized spacial score (nSPS) is 14.5. The first kappa shape index (κ1) is 23.7. The van der Waals surface area contributed by atoms with Crippen molar-refractivity contribution in [3.8, 4) is 5.75 Å². The standard InChI is InChI=1S/C12H18N2O.2C2H2O4/c1-15-12-6-4-10(5-7-12)14-9-11-3-2-8-13-11;2*3-1(4)2(5)6/h4-7,11,13-14H,2-3,8-9H2,1H3;2*(H,3,4)(H,5,6). The molecule has 0 aliphatic carbocycles. The second kappa shape index (κ2) is 12.9. The molecule has 1 unspecified atom stereocenters. The van der Waals surface area contributed by atoms with E-state index in [1.165, 1.54) is 12.8 Å². The molecule has 1 aliphatic rings. The molecule has 1 aliphatic heterocycles. The third-order valence-electron chi connectivity index (χ3n) is 3.17. The van der Waals surface area contributed by atoms with Crippen LogP contribution in [0.25, 0.3) is 0 Å². The van der Waals surface area contributed by atoms with Crippen LogP contribution in [0.2, 0.25) is 0 Å². The maximum atomic E-state index is 9.10. The van der Waals surface area contributed by atoms with E-state index >= 15 is 0 Å². The zero-order chi connectivity index (χ0) is 20.8. The average molecular weight is 386 g/mol. The Morgan fingerprint density at radius 1 is 1.00 bits per heavy atom. The molecule has 2 rings (SSSR count). The highest BCUT2D eigenvalue weighted by Crippen LogP contribution is 2.15. The Morgan fingerprint density at radius 2 is 1.48 bits per heavy atom. The summed E-state index contributed by atoms with van der Waals surface area (Å²) in [7, 11) is 1.69. The van der Waals surface area contributed by atoms with E-state index in [4.69, 9.17) is 44.3 Å². The highest BCUT2D eigenvalue weighted by molar-refractivity contribution is 6.27. The number of hydrogen-bond acceptors (Lipinski definition) is 7. The lowest BCUT2D eigenvalue weighted by atomic mass is 10.2. The van der Waals surface area contributed by atoms with Crippen LogP contribution in [0.15, 0.2) is 24.3 Å². The van der Waals surface area contributed by atoms with Crippen molar-refractivity contribution < 1.29 is 44.3 Å². The topological polar surface area (TPSA) is 182 Å². The van der Waals surface area contributed by atoms with E-state index in [-0.39, 0.29) is 0 Å². The minimum absolute atomic E-state index is 0.632. The quantitative estimate of drug-likeness (QED) is 0.388. The predicted octanol–water partition coefficient (Wildman–Crippen LogP) is 0.170. The second-order valence-electron chi connectivity index (χ2n) is 5.12. The van der Waals surface area contributed by atoms with E-state index < -0.39 is 23.9 Å². The molecular formula is C16H22N2O9. The first-order valence-corrected chi connectivity index (χ1v) is 7.71. The summed E-state index contributed by atoms with van der Waals surface area (Å²) >= 11 is 0. The number of hydrogen-bond donors (Lipinski definition) is 6. The number of nitrogens with one attached hydrogen (secondary N) is 2. The highest BCUT2D eigenvalue weighted by atomic mass is 16.5. The molecule has 11 heteroatoms. The van der Waals surface area contributed by atoms with Gasteiger partial charge in [0.15, 0.2) is 0 Å². The molecule has 0 amide bonds. The van der Waals surface area contributed by atoms with Gasteiger partial charge in [-0.2, -0.15) is 0 Å². The van der Waals surface area contributed by atoms with Crippen LogP contribution in [0.3, 0.4) is 0 Å². The number of methoxy groups -OCH3 is 1. The molecule has 0 saturated carbocycles. The van der Waals surface area contributed by atoms with E-state index in [9.17, 15) is 0 Å². The van der Waals surface area contributed by atoms with Gasteiger partial charge in [-0.15, -0.1) is 0 Å². The summed E-state index contributed by atoms with van der Waals surface area (Å²) in [4.78, 5) is 36.4. The number of ether oxygens (including phenoxy) is 1. The molecule has 11 nitrogen and oxygen atoms in total. The molecule has 0 spiro atoms. The van der Waals surface area contributed by atoms with E-state index in [1.54, 1.807) is 7.11 Å². The van der Waals surface area contributed by atoms with Gasteiger partial charge in [0.05, 0.1) is 7.11 Å². The summed E-state index contributed by atoms with van der Waals surface area (Å²) < 4.78 is 5.11. The Morgan fingerprint density at radius 3 is 1.81 bits per heavy atom. The van der Waals surface area contributed by atoms with Crippen molar-refractivity contribution in [1.82, 2.24) is 5.32 Å². The number of aliphatic carboxylic acids is 4. The lowest BCUT2D eigenvalue weighted by Crippen LogP contribution is -2.29. The molecule has 1 saturated heterocycles. The summed E-state index contributed by atoms with van der Waals surface area (Å²) in [6, 6.07) is 8.68. The zero-order valence-electron chi connectivity index (χ0n) is 14.5. The van der Waals surface area contributed by atoms with Crippen LogP contribution in [0.4, 0.5) is 5.69 Å². The molecule has 27 heavy (non-hydrogen) atoms. The van der Waals surface area contributed by atoms with Crippen molar-refractivity contribution in [1.29, 1.82) is 0 Å². The van der Waals surface area contributed by atoms with Crippen LogP contribution in [0.5, 0.6) is 5.75 Å². The van der Waals surface area contributed by atoms with E-state index in [0.717, 1.165) is 24.5 Å². The number of carboxylic acid groups (broad SMARTS) is 4. The summed E-state index contributed by atoms with van der Waals surface area (Å²) in [6.07, 6.45) is 2.58. The molecular weight excluding hydrogens is 364 g/mol. The fourth-order valence-electron chi connectivity index (χ4n) is 1.88. The van der Waals surface area contributed by atoms with Gasteiger partial charge in [-0.25, -0.2) is 19.2 Å². The minimum Gasteiger partial charge on any atom is -0.497 e.